The van der Waals surface area contributed by atoms with Crippen LogP contribution in [-0.4, -0.2) is 33.9 Å². The van der Waals surface area contributed by atoms with Crippen molar-refractivity contribution in [1.29, 1.82) is 0 Å². The molecule has 6 heteroatoms. The van der Waals surface area contributed by atoms with E-state index in [0.29, 0.717) is 39.0 Å². The van der Waals surface area contributed by atoms with Crippen LogP contribution in [0.3, 0.4) is 0 Å². The lowest BCUT2D eigenvalue weighted by Gasteiger charge is -2.30. The fourth-order valence-corrected chi connectivity index (χ4v) is 6.41. The predicted molar refractivity (Wildman–Crippen MR) is 143 cm³/mol. The summed E-state index contributed by atoms with van der Waals surface area (Å²) in [6.07, 6.45) is 2.36. The van der Waals surface area contributed by atoms with Gasteiger partial charge >= 0.3 is 5.97 Å². The van der Waals surface area contributed by atoms with Crippen LogP contribution < -0.4 is 0 Å². The summed E-state index contributed by atoms with van der Waals surface area (Å²) in [6, 6.07) is 6.76. The van der Waals surface area contributed by atoms with Gasteiger partial charge in [0.25, 0.3) is 0 Å². The Balaban J connectivity index is 1.76. The van der Waals surface area contributed by atoms with Gasteiger partial charge in [0.15, 0.2) is 11.6 Å². The van der Waals surface area contributed by atoms with Crippen molar-refractivity contribution in [2.45, 2.75) is 60.5 Å². The molecule has 0 saturated heterocycles. The van der Waals surface area contributed by atoms with Gasteiger partial charge in [-0.3, -0.25) is 9.59 Å². The summed E-state index contributed by atoms with van der Waals surface area (Å²) in [5, 5.41) is 21.3. The molecule has 2 N–H and O–H groups in total. The number of Topliss-reactive ketones (excluding diaryl/α,β-unsaturated/α-hetero) is 1. The number of hydrogen-bond acceptors (Lipinski definition) is 6. The van der Waals surface area contributed by atoms with Gasteiger partial charge in [-0.15, -0.1) is 0 Å². The molecule has 0 fully saturated rings. The smallest absolute Gasteiger partial charge is 0.339 e. The normalized spacial score (nSPS) is 22.9. The number of phenolic OH excluding ortho intramolecular Hbond substituents is 2. The molecule has 6 rings (SSSR count). The summed E-state index contributed by atoms with van der Waals surface area (Å²) >= 11 is 0. The van der Waals surface area contributed by atoms with Gasteiger partial charge in [-0.2, -0.15) is 0 Å². The first kappa shape index (κ1) is 24.4. The van der Waals surface area contributed by atoms with E-state index < -0.39 is 22.9 Å². The monoisotopic (exact) mass is 510 g/mol. The molecule has 194 valence electrons. The lowest BCUT2D eigenvalue weighted by molar-refractivity contribution is -0.143. The van der Waals surface area contributed by atoms with Gasteiger partial charge in [-0.05, 0) is 104 Å². The second-order valence-corrected chi connectivity index (χ2v) is 12.2. The molecular weight excluding hydrogens is 480 g/mol. The summed E-state index contributed by atoms with van der Waals surface area (Å²) < 4.78 is 6.04. The zero-order chi connectivity index (χ0) is 27.5. The van der Waals surface area contributed by atoms with E-state index in [0.717, 1.165) is 24.0 Å². The highest BCUT2D eigenvalue weighted by atomic mass is 16.5. The maximum Gasteiger partial charge on any atom is 0.339 e. The van der Waals surface area contributed by atoms with E-state index in [-0.39, 0.29) is 34.2 Å². The third-order valence-electron chi connectivity index (χ3n) is 8.80. The van der Waals surface area contributed by atoms with Crippen LogP contribution in [0.1, 0.15) is 72.3 Å². The van der Waals surface area contributed by atoms with Gasteiger partial charge in [-0.1, -0.05) is 19.9 Å². The zero-order valence-corrected chi connectivity index (χ0v) is 22.4. The number of phenols is 2. The lowest BCUT2D eigenvalue weighted by atomic mass is 9.77. The largest absolute Gasteiger partial charge is 0.508 e. The van der Waals surface area contributed by atoms with E-state index in [4.69, 9.17) is 4.74 Å². The number of ether oxygens (including phenoxy) is 1. The van der Waals surface area contributed by atoms with Crippen molar-refractivity contribution in [2.75, 3.05) is 0 Å². The predicted octanol–water partition coefficient (Wildman–Crippen LogP) is 5.55. The standard InChI is InChI=1S/C32H30O6/c1-14-9-16-7-8-31(3,4)29-25(17(16)11-21(14)33)27(30(37)38-29)26-24-19-12-22(34)15(2)10-18(19)23(35)13-20(24)32(5,6)28(26)36/h9-13,29,33-34H,7-8H2,1-6H3/t29-/m1/s1. The Bertz CT molecular complexity index is 1630. The van der Waals surface area contributed by atoms with Crippen LogP contribution >= 0.6 is 0 Å². The van der Waals surface area contributed by atoms with Crippen molar-refractivity contribution in [3.63, 3.8) is 0 Å². The molecule has 3 aliphatic carbocycles. The molecule has 0 unspecified atom stereocenters. The molecule has 1 atom stereocenters. The molecule has 38 heavy (non-hydrogen) atoms. The maximum atomic E-state index is 14.2. The number of carbonyl (C=O) groups excluding carboxylic acids is 3. The lowest BCUT2D eigenvalue weighted by Crippen LogP contribution is -2.30. The van der Waals surface area contributed by atoms with Crippen molar-refractivity contribution in [1.82, 2.24) is 0 Å². The topological polar surface area (TPSA) is 101 Å². The first-order chi connectivity index (χ1) is 17.7. The van der Waals surface area contributed by atoms with E-state index >= 15 is 0 Å². The summed E-state index contributed by atoms with van der Waals surface area (Å²) in [5.74, 6) is -0.991. The van der Waals surface area contributed by atoms with Crippen LogP contribution in [0.4, 0.5) is 0 Å². The molecule has 4 aliphatic rings. The van der Waals surface area contributed by atoms with Gasteiger partial charge in [0.2, 0.25) is 0 Å². The summed E-state index contributed by atoms with van der Waals surface area (Å²) in [6.45, 7) is 11.2. The SMILES string of the molecule is Cc1cc2c(cc1O)C1=C(C3=C4C(=CC(=O)c5cc(C)c(O)cc54)C(C)(C)C3=O)C(=O)O[C@H]1C(C)(C)CC2. The highest BCUT2D eigenvalue weighted by Crippen LogP contribution is 2.57. The molecule has 0 amide bonds. The number of carbonyl (C=O) groups is 3. The average molecular weight is 511 g/mol. The molecule has 2 aromatic carbocycles. The molecule has 0 spiro atoms. The minimum absolute atomic E-state index is 0.00711. The zero-order valence-electron chi connectivity index (χ0n) is 22.4. The highest BCUT2D eigenvalue weighted by Gasteiger charge is 2.54. The molecule has 0 saturated carbocycles. The minimum Gasteiger partial charge on any atom is -0.508 e. The number of hydrogen-bond donors (Lipinski definition) is 2. The number of fused-ring (bicyclic) bond motifs is 6. The highest BCUT2D eigenvalue weighted by molar-refractivity contribution is 6.31. The Labute approximate surface area is 221 Å². The number of allylic oxidation sites excluding steroid dienone is 3. The van der Waals surface area contributed by atoms with Crippen LogP contribution in [0.2, 0.25) is 0 Å². The summed E-state index contributed by atoms with van der Waals surface area (Å²) in [7, 11) is 0. The number of aryl methyl sites for hydroxylation is 3. The third kappa shape index (κ3) is 3.09. The quantitative estimate of drug-likeness (QED) is 0.488. The molecule has 0 aromatic heterocycles. The van der Waals surface area contributed by atoms with Crippen molar-refractivity contribution in [2.24, 2.45) is 10.8 Å². The number of rotatable bonds is 1. The van der Waals surface area contributed by atoms with Crippen LogP contribution in [0, 0.1) is 24.7 Å². The summed E-state index contributed by atoms with van der Waals surface area (Å²) in [4.78, 5) is 41.1. The van der Waals surface area contributed by atoms with Gasteiger partial charge in [-0.25, -0.2) is 4.79 Å². The van der Waals surface area contributed by atoms with Crippen LogP contribution in [0.5, 0.6) is 11.5 Å². The molecule has 1 heterocycles. The number of ketones is 2. The first-order valence-electron chi connectivity index (χ1n) is 12.9. The first-order valence-corrected chi connectivity index (χ1v) is 12.9. The van der Waals surface area contributed by atoms with Crippen LogP contribution in [0.25, 0.3) is 11.1 Å². The summed E-state index contributed by atoms with van der Waals surface area (Å²) in [5.41, 5.74) is 4.33. The molecule has 0 radical (unpaired) electrons. The molecule has 2 aromatic rings. The Morgan fingerprint density at radius 2 is 1.45 bits per heavy atom. The number of aromatic hydroxyl groups is 2. The van der Waals surface area contributed by atoms with E-state index in [1.807, 2.05) is 26.8 Å². The second kappa shape index (κ2) is 7.56. The van der Waals surface area contributed by atoms with E-state index in [2.05, 4.69) is 0 Å². The van der Waals surface area contributed by atoms with Crippen molar-refractivity contribution >= 4 is 28.7 Å². The van der Waals surface area contributed by atoms with Crippen LogP contribution in [-0.2, 0) is 20.7 Å². The Hall–Kier alpha value is -3.93. The van der Waals surface area contributed by atoms with E-state index in [9.17, 15) is 24.6 Å². The Kier molecular flexibility index (Phi) is 4.86. The van der Waals surface area contributed by atoms with Crippen molar-refractivity contribution in [3.05, 3.63) is 80.4 Å². The Morgan fingerprint density at radius 3 is 2.13 bits per heavy atom. The second-order valence-electron chi connectivity index (χ2n) is 12.2. The fourth-order valence-electron chi connectivity index (χ4n) is 6.41. The molecule has 6 nitrogen and oxygen atoms in total. The third-order valence-corrected chi connectivity index (χ3v) is 8.80. The van der Waals surface area contributed by atoms with E-state index in [1.165, 1.54) is 12.1 Å². The number of benzene rings is 2. The van der Waals surface area contributed by atoms with Gasteiger partial charge in [0.05, 0.1) is 11.0 Å². The fraction of sp³-hybridized carbons (Fsp3) is 0.344. The molecular formula is C32H30O6. The minimum atomic E-state index is -1.07. The van der Waals surface area contributed by atoms with E-state index in [1.54, 1.807) is 32.9 Å². The van der Waals surface area contributed by atoms with Gasteiger partial charge in [0.1, 0.15) is 17.6 Å². The van der Waals surface area contributed by atoms with Gasteiger partial charge in [0, 0.05) is 22.1 Å². The maximum absolute atomic E-state index is 14.2. The van der Waals surface area contributed by atoms with Crippen LogP contribution in [0.15, 0.2) is 47.1 Å². The van der Waals surface area contributed by atoms with Crippen molar-refractivity contribution in [3.8, 4) is 11.5 Å². The Morgan fingerprint density at radius 1 is 0.816 bits per heavy atom. The van der Waals surface area contributed by atoms with Gasteiger partial charge < -0.3 is 14.9 Å². The average Bonchev–Trinajstić information content (AvgIpc) is 3.24. The molecule has 1 aliphatic heterocycles. The number of esters is 1. The van der Waals surface area contributed by atoms with Crippen molar-refractivity contribution < 1.29 is 29.3 Å². The molecule has 0 bridgehead atoms.